The zero-order chi connectivity index (χ0) is 24.4. The number of aromatic nitrogens is 2. The summed E-state index contributed by atoms with van der Waals surface area (Å²) in [5.74, 6) is 0.392. The van der Waals surface area contributed by atoms with Crippen molar-refractivity contribution >= 4 is 11.7 Å². The highest BCUT2D eigenvalue weighted by Gasteiger charge is 2.42. The second-order valence-electron chi connectivity index (χ2n) is 9.42. The van der Waals surface area contributed by atoms with E-state index in [1.807, 2.05) is 45.0 Å². The average Bonchev–Trinajstić information content (AvgIpc) is 3.52. The minimum absolute atomic E-state index is 0.0418. The number of benzene rings is 1. The van der Waals surface area contributed by atoms with Gasteiger partial charge in [-0.1, -0.05) is 43.3 Å². The molecule has 0 spiro atoms. The number of carbonyl (C=O) groups excluding carboxylic acids is 2. The molecule has 2 aromatic heterocycles. The molecule has 0 radical (unpaired) electrons. The first-order valence-electron chi connectivity index (χ1n) is 11.7. The Hall–Kier alpha value is -3.26. The Kier molecular flexibility index (Phi) is 6.97. The number of ketones is 1. The second kappa shape index (κ2) is 9.93. The van der Waals surface area contributed by atoms with Gasteiger partial charge >= 0.3 is 0 Å². The van der Waals surface area contributed by atoms with Crippen LogP contribution in [0.15, 0.2) is 45.7 Å². The zero-order valence-electron chi connectivity index (χ0n) is 20.0. The van der Waals surface area contributed by atoms with Crippen molar-refractivity contribution < 1.29 is 23.6 Å². The van der Waals surface area contributed by atoms with Gasteiger partial charge in [0.25, 0.3) is 0 Å². The van der Waals surface area contributed by atoms with E-state index < -0.39 is 18.1 Å². The Morgan fingerprint density at radius 1 is 1.21 bits per heavy atom. The third-order valence-electron chi connectivity index (χ3n) is 6.44. The summed E-state index contributed by atoms with van der Waals surface area (Å²) in [5.41, 5.74) is 3.48. The molecule has 0 bridgehead atoms. The van der Waals surface area contributed by atoms with Crippen molar-refractivity contribution in [3.05, 3.63) is 59.4 Å². The smallest absolute Gasteiger partial charge is 0.234 e. The van der Waals surface area contributed by atoms with Crippen molar-refractivity contribution in [1.82, 2.24) is 15.0 Å². The molecule has 180 valence electrons. The van der Waals surface area contributed by atoms with E-state index in [1.165, 1.54) is 11.3 Å². The molecule has 3 atom stereocenters. The molecule has 0 unspecified atom stereocenters. The number of nitrogens with zero attached hydrogens (tertiary/aromatic N) is 3. The molecule has 3 aromatic rings. The molecule has 1 fully saturated rings. The second-order valence-corrected chi connectivity index (χ2v) is 9.42. The molecule has 8 heteroatoms. The topological polar surface area (TPSA) is 110 Å². The highest BCUT2D eigenvalue weighted by atomic mass is 16.5. The molecule has 34 heavy (non-hydrogen) atoms. The molecule has 1 aliphatic rings. The third-order valence-corrected chi connectivity index (χ3v) is 6.44. The van der Waals surface area contributed by atoms with Crippen LogP contribution in [0, 0.1) is 19.8 Å². The number of amides is 1. The fraction of sp³-hybridized carbons (Fsp3) is 0.462. The van der Waals surface area contributed by atoms with Gasteiger partial charge in [-0.3, -0.25) is 9.59 Å². The fourth-order valence-electron chi connectivity index (χ4n) is 4.64. The van der Waals surface area contributed by atoms with E-state index in [-0.39, 0.29) is 37.0 Å². The summed E-state index contributed by atoms with van der Waals surface area (Å²) >= 11 is 0. The molecule has 1 aliphatic heterocycles. The summed E-state index contributed by atoms with van der Waals surface area (Å²) in [7, 11) is 0. The van der Waals surface area contributed by atoms with Crippen molar-refractivity contribution in [1.29, 1.82) is 0 Å². The molecule has 8 nitrogen and oxygen atoms in total. The predicted molar refractivity (Wildman–Crippen MR) is 125 cm³/mol. The summed E-state index contributed by atoms with van der Waals surface area (Å²) in [5, 5.41) is 14.2. The maximum absolute atomic E-state index is 13.5. The first-order chi connectivity index (χ1) is 16.2. The van der Waals surface area contributed by atoms with Gasteiger partial charge in [-0.2, -0.15) is 0 Å². The van der Waals surface area contributed by atoms with Crippen molar-refractivity contribution in [2.45, 2.75) is 65.0 Å². The first kappa shape index (κ1) is 23.9. The van der Waals surface area contributed by atoms with Crippen LogP contribution in [0.5, 0.6) is 0 Å². The number of oxazole rings is 1. The van der Waals surface area contributed by atoms with Gasteiger partial charge in [0, 0.05) is 31.0 Å². The van der Waals surface area contributed by atoms with Gasteiger partial charge in [0.1, 0.15) is 11.7 Å². The SMILES string of the molecule is Cc1cc([C@H](C(=O)N2C[C@H](O)C[C@H]2C(=O)CCc2ccc(-c3ocnc3C)cc2)C(C)C)on1. The van der Waals surface area contributed by atoms with Crippen LogP contribution in [0.2, 0.25) is 0 Å². The summed E-state index contributed by atoms with van der Waals surface area (Å²) in [4.78, 5) is 32.3. The van der Waals surface area contributed by atoms with Crippen molar-refractivity contribution in [3.63, 3.8) is 0 Å². The third kappa shape index (κ3) is 4.97. The van der Waals surface area contributed by atoms with Crippen LogP contribution in [0.1, 0.15) is 55.3 Å². The minimum atomic E-state index is -0.716. The number of aliphatic hydroxyl groups is 1. The number of likely N-dealkylation sites (tertiary alicyclic amines) is 1. The van der Waals surface area contributed by atoms with Crippen LogP contribution in [-0.4, -0.2) is 50.5 Å². The molecule has 4 rings (SSSR count). The number of β-amino-alcohol motifs (C(OH)–C–C–N with tert-alkyl or cyclic N) is 1. The van der Waals surface area contributed by atoms with Crippen LogP contribution < -0.4 is 0 Å². The van der Waals surface area contributed by atoms with Gasteiger partial charge in [-0.25, -0.2) is 4.98 Å². The molecule has 1 N–H and O–H groups in total. The van der Waals surface area contributed by atoms with E-state index in [0.29, 0.717) is 17.9 Å². The van der Waals surface area contributed by atoms with Crippen LogP contribution in [0.3, 0.4) is 0 Å². The summed E-state index contributed by atoms with van der Waals surface area (Å²) < 4.78 is 10.8. The van der Waals surface area contributed by atoms with E-state index >= 15 is 0 Å². The Bertz CT molecular complexity index is 1150. The molecule has 0 saturated carbocycles. The van der Waals surface area contributed by atoms with Crippen LogP contribution in [0.25, 0.3) is 11.3 Å². The lowest BCUT2D eigenvalue weighted by atomic mass is 9.91. The van der Waals surface area contributed by atoms with Crippen molar-refractivity contribution in [3.8, 4) is 11.3 Å². The highest BCUT2D eigenvalue weighted by molar-refractivity contribution is 5.92. The standard InChI is InChI=1S/C26H31N3O5/c1-15(2)24(23-11-16(3)28-34-23)26(32)29-13-20(30)12-21(29)22(31)10-7-18-5-8-19(9-6-18)25-17(4)27-14-33-25/h5-6,8-9,11,14-15,20-21,24,30H,7,10,12-13H2,1-4H3/t20-,21+,24-/m1/s1. The van der Waals surface area contributed by atoms with Gasteiger partial charge in [0.15, 0.2) is 17.9 Å². The van der Waals surface area contributed by atoms with E-state index in [4.69, 9.17) is 8.94 Å². The molecular formula is C26H31N3O5. The largest absolute Gasteiger partial charge is 0.443 e. The zero-order valence-corrected chi connectivity index (χ0v) is 20.0. The quantitative estimate of drug-likeness (QED) is 0.538. The van der Waals surface area contributed by atoms with Crippen LogP contribution in [-0.2, 0) is 16.0 Å². The van der Waals surface area contributed by atoms with Crippen LogP contribution >= 0.6 is 0 Å². The lowest BCUT2D eigenvalue weighted by molar-refractivity contribution is -0.140. The average molecular weight is 466 g/mol. The highest BCUT2D eigenvalue weighted by Crippen LogP contribution is 2.32. The van der Waals surface area contributed by atoms with E-state index in [2.05, 4.69) is 10.1 Å². The summed E-state index contributed by atoms with van der Waals surface area (Å²) in [6, 6.07) is 8.97. The van der Waals surface area contributed by atoms with Crippen LogP contribution in [0.4, 0.5) is 0 Å². The predicted octanol–water partition coefficient (Wildman–Crippen LogP) is 3.85. The van der Waals surface area contributed by atoms with Crippen molar-refractivity contribution in [2.24, 2.45) is 5.92 Å². The molecule has 1 saturated heterocycles. The molecule has 3 heterocycles. The van der Waals surface area contributed by atoms with Gasteiger partial charge < -0.3 is 18.9 Å². The Morgan fingerprint density at radius 3 is 2.53 bits per heavy atom. The number of aryl methyl sites for hydroxylation is 3. The first-order valence-corrected chi connectivity index (χ1v) is 11.7. The normalized spacial score (nSPS) is 19.1. The van der Waals surface area contributed by atoms with Crippen molar-refractivity contribution in [2.75, 3.05) is 6.54 Å². The molecule has 1 aromatic carbocycles. The van der Waals surface area contributed by atoms with Gasteiger partial charge in [0.05, 0.1) is 23.5 Å². The Labute approximate surface area is 199 Å². The van der Waals surface area contributed by atoms with Gasteiger partial charge in [-0.05, 0) is 31.7 Å². The van der Waals surface area contributed by atoms with E-state index in [1.54, 1.807) is 13.0 Å². The number of carbonyl (C=O) groups is 2. The minimum Gasteiger partial charge on any atom is -0.443 e. The molecule has 0 aliphatic carbocycles. The Balaban J connectivity index is 1.43. The number of hydrogen-bond acceptors (Lipinski definition) is 7. The van der Waals surface area contributed by atoms with Gasteiger partial charge in [0.2, 0.25) is 5.91 Å². The summed E-state index contributed by atoms with van der Waals surface area (Å²) in [6.07, 6.45) is 1.81. The van der Waals surface area contributed by atoms with Gasteiger partial charge in [-0.15, -0.1) is 0 Å². The lowest BCUT2D eigenvalue weighted by Gasteiger charge is -2.28. The number of hydrogen-bond donors (Lipinski definition) is 1. The maximum atomic E-state index is 13.5. The fourth-order valence-corrected chi connectivity index (χ4v) is 4.64. The number of rotatable bonds is 8. The Morgan fingerprint density at radius 2 is 1.94 bits per heavy atom. The molecular weight excluding hydrogens is 434 g/mol. The van der Waals surface area contributed by atoms with E-state index in [0.717, 1.165) is 22.6 Å². The summed E-state index contributed by atoms with van der Waals surface area (Å²) in [6.45, 7) is 7.72. The van der Waals surface area contributed by atoms with E-state index in [9.17, 15) is 14.7 Å². The maximum Gasteiger partial charge on any atom is 0.234 e. The monoisotopic (exact) mass is 465 g/mol. The molecule has 1 amide bonds. The number of aliphatic hydroxyl groups excluding tert-OH is 1. The lowest BCUT2D eigenvalue weighted by Crippen LogP contribution is -2.44. The number of Topliss-reactive ketones (excluding diaryl/α,β-unsaturated/α-hetero) is 1.